The second-order valence-electron chi connectivity index (χ2n) is 7.07. The third-order valence-corrected chi connectivity index (χ3v) is 4.94. The standard InChI is InChI=1S/C21H24FN3O4/c1-14-11-18(15(2)29-14)21(28)23-13-20(27)25-9-7-24(8-10-25)19(26)12-16-3-5-17(22)6-4-16/h3-6,11H,7-10,12-13H2,1-2H3,(H,23,28). The molecule has 3 rings (SSSR count). The number of nitrogens with zero attached hydrogens (tertiary/aromatic N) is 2. The van der Waals surface area contributed by atoms with Gasteiger partial charge in [0.2, 0.25) is 11.8 Å². The molecule has 1 N–H and O–H groups in total. The van der Waals surface area contributed by atoms with Crippen LogP contribution in [-0.2, 0) is 16.0 Å². The summed E-state index contributed by atoms with van der Waals surface area (Å²) in [6.07, 6.45) is 0.202. The molecule has 2 aromatic rings. The predicted molar refractivity (Wildman–Crippen MR) is 104 cm³/mol. The van der Waals surface area contributed by atoms with E-state index in [1.807, 2.05) is 0 Å². The molecular weight excluding hydrogens is 377 g/mol. The lowest BCUT2D eigenvalue weighted by Gasteiger charge is -2.35. The van der Waals surface area contributed by atoms with Crippen molar-refractivity contribution in [3.63, 3.8) is 0 Å². The second-order valence-corrected chi connectivity index (χ2v) is 7.07. The molecule has 0 spiro atoms. The van der Waals surface area contributed by atoms with E-state index in [0.29, 0.717) is 43.3 Å². The van der Waals surface area contributed by atoms with Crippen LogP contribution in [0, 0.1) is 19.7 Å². The largest absolute Gasteiger partial charge is 0.466 e. The van der Waals surface area contributed by atoms with Crippen molar-refractivity contribution in [1.29, 1.82) is 0 Å². The quantitative estimate of drug-likeness (QED) is 0.826. The van der Waals surface area contributed by atoms with Crippen molar-refractivity contribution in [3.05, 3.63) is 58.8 Å². The maximum atomic E-state index is 13.0. The first-order valence-electron chi connectivity index (χ1n) is 9.48. The number of furan rings is 1. The van der Waals surface area contributed by atoms with Gasteiger partial charge in [-0.25, -0.2) is 4.39 Å². The Balaban J connectivity index is 1.44. The summed E-state index contributed by atoms with van der Waals surface area (Å²) in [7, 11) is 0. The molecule has 29 heavy (non-hydrogen) atoms. The molecule has 0 aliphatic carbocycles. The summed E-state index contributed by atoms with van der Waals surface area (Å²) in [6.45, 7) is 5.03. The Morgan fingerprint density at radius 1 is 1.00 bits per heavy atom. The summed E-state index contributed by atoms with van der Waals surface area (Å²) in [4.78, 5) is 40.3. The smallest absolute Gasteiger partial charge is 0.255 e. The van der Waals surface area contributed by atoms with Crippen LogP contribution in [0.5, 0.6) is 0 Å². The molecule has 1 saturated heterocycles. The number of carbonyl (C=O) groups excluding carboxylic acids is 3. The van der Waals surface area contributed by atoms with Crippen molar-refractivity contribution in [2.45, 2.75) is 20.3 Å². The van der Waals surface area contributed by atoms with Crippen molar-refractivity contribution in [2.75, 3.05) is 32.7 Å². The van der Waals surface area contributed by atoms with Gasteiger partial charge in [-0.05, 0) is 37.6 Å². The van der Waals surface area contributed by atoms with Gasteiger partial charge in [-0.1, -0.05) is 12.1 Å². The topological polar surface area (TPSA) is 82.9 Å². The summed E-state index contributed by atoms with van der Waals surface area (Å²) >= 11 is 0. The first-order chi connectivity index (χ1) is 13.8. The molecular formula is C21H24FN3O4. The summed E-state index contributed by atoms with van der Waals surface area (Å²) in [6, 6.07) is 7.50. The van der Waals surface area contributed by atoms with Crippen molar-refractivity contribution >= 4 is 17.7 Å². The average Bonchev–Trinajstić information content (AvgIpc) is 3.05. The van der Waals surface area contributed by atoms with E-state index in [2.05, 4.69) is 5.32 Å². The van der Waals surface area contributed by atoms with Gasteiger partial charge in [0.15, 0.2) is 0 Å². The number of nitrogens with one attached hydrogen (secondary N) is 1. The van der Waals surface area contributed by atoms with Gasteiger partial charge < -0.3 is 19.5 Å². The summed E-state index contributed by atoms with van der Waals surface area (Å²) < 4.78 is 18.3. The van der Waals surface area contributed by atoms with Gasteiger partial charge in [0.1, 0.15) is 17.3 Å². The predicted octanol–water partition coefficient (Wildman–Crippen LogP) is 1.68. The van der Waals surface area contributed by atoms with Gasteiger partial charge in [0, 0.05) is 26.2 Å². The number of carbonyl (C=O) groups is 3. The minimum atomic E-state index is -0.346. The Kier molecular flexibility index (Phi) is 6.31. The molecule has 154 valence electrons. The zero-order chi connectivity index (χ0) is 21.0. The zero-order valence-corrected chi connectivity index (χ0v) is 16.5. The Hall–Kier alpha value is -3.16. The van der Waals surface area contributed by atoms with E-state index in [1.165, 1.54) is 12.1 Å². The van der Waals surface area contributed by atoms with E-state index in [9.17, 15) is 18.8 Å². The molecule has 1 aromatic heterocycles. The number of hydrogen-bond donors (Lipinski definition) is 1. The zero-order valence-electron chi connectivity index (χ0n) is 16.5. The van der Waals surface area contributed by atoms with Crippen molar-refractivity contribution in [2.24, 2.45) is 0 Å². The van der Waals surface area contributed by atoms with E-state index in [0.717, 1.165) is 5.56 Å². The van der Waals surface area contributed by atoms with Crippen LogP contribution in [-0.4, -0.2) is 60.2 Å². The lowest BCUT2D eigenvalue weighted by Crippen LogP contribution is -2.52. The molecule has 1 aliphatic rings. The lowest BCUT2D eigenvalue weighted by atomic mass is 10.1. The van der Waals surface area contributed by atoms with Gasteiger partial charge in [-0.15, -0.1) is 0 Å². The van der Waals surface area contributed by atoms with E-state index >= 15 is 0 Å². The lowest BCUT2D eigenvalue weighted by molar-refractivity contribution is -0.138. The van der Waals surface area contributed by atoms with E-state index in [1.54, 1.807) is 41.8 Å². The van der Waals surface area contributed by atoms with Gasteiger partial charge >= 0.3 is 0 Å². The molecule has 0 saturated carbocycles. The SMILES string of the molecule is Cc1cc(C(=O)NCC(=O)N2CCN(C(=O)Cc3ccc(F)cc3)CC2)c(C)o1. The summed E-state index contributed by atoms with van der Waals surface area (Å²) in [5.74, 6) is 0.227. The molecule has 3 amide bonds. The molecule has 0 radical (unpaired) electrons. The molecule has 0 unspecified atom stereocenters. The molecule has 2 heterocycles. The molecule has 1 aliphatic heterocycles. The summed E-state index contributed by atoms with van der Waals surface area (Å²) in [5.41, 5.74) is 1.17. The second kappa shape index (κ2) is 8.89. The normalized spacial score (nSPS) is 14.0. The number of rotatable bonds is 5. The van der Waals surface area contributed by atoms with E-state index < -0.39 is 0 Å². The maximum absolute atomic E-state index is 13.0. The highest BCUT2D eigenvalue weighted by atomic mass is 19.1. The first kappa shape index (κ1) is 20.6. The van der Waals surface area contributed by atoms with Crippen molar-refractivity contribution in [1.82, 2.24) is 15.1 Å². The molecule has 7 nitrogen and oxygen atoms in total. The fraction of sp³-hybridized carbons (Fsp3) is 0.381. The highest BCUT2D eigenvalue weighted by Gasteiger charge is 2.24. The maximum Gasteiger partial charge on any atom is 0.255 e. The fourth-order valence-corrected chi connectivity index (χ4v) is 3.31. The number of amides is 3. The molecule has 8 heteroatoms. The van der Waals surface area contributed by atoms with Crippen LogP contribution in [0.2, 0.25) is 0 Å². The van der Waals surface area contributed by atoms with Crippen LogP contribution >= 0.6 is 0 Å². The van der Waals surface area contributed by atoms with Gasteiger partial charge in [-0.2, -0.15) is 0 Å². The van der Waals surface area contributed by atoms with Crippen LogP contribution in [0.4, 0.5) is 4.39 Å². The third kappa shape index (κ3) is 5.22. The highest BCUT2D eigenvalue weighted by Crippen LogP contribution is 2.13. The third-order valence-electron chi connectivity index (χ3n) is 4.94. The van der Waals surface area contributed by atoms with Crippen LogP contribution in [0.1, 0.15) is 27.4 Å². The Morgan fingerprint density at radius 3 is 2.14 bits per heavy atom. The Morgan fingerprint density at radius 2 is 1.59 bits per heavy atom. The van der Waals surface area contributed by atoms with Crippen molar-refractivity contribution in [3.8, 4) is 0 Å². The van der Waals surface area contributed by atoms with Crippen LogP contribution in [0.3, 0.4) is 0 Å². The van der Waals surface area contributed by atoms with Gasteiger partial charge in [0.05, 0.1) is 18.5 Å². The molecule has 0 atom stereocenters. The minimum Gasteiger partial charge on any atom is -0.466 e. The highest BCUT2D eigenvalue weighted by molar-refractivity contribution is 5.97. The molecule has 1 aromatic carbocycles. The van der Waals surface area contributed by atoms with Gasteiger partial charge in [0.25, 0.3) is 5.91 Å². The van der Waals surface area contributed by atoms with Crippen molar-refractivity contribution < 1.29 is 23.2 Å². The minimum absolute atomic E-state index is 0.0530. The number of benzene rings is 1. The van der Waals surface area contributed by atoms with E-state index in [4.69, 9.17) is 4.42 Å². The summed E-state index contributed by atoms with van der Waals surface area (Å²) in [5, 5.41) is 2.62. The Bertz CT molecular complexity index is 899. The van der Waals surface area contributed by atoms with E-state index in [-0.39, 0.29) is 36.5 Å². The van der Waals surface area contributed by atoms with Gasteiger partial charge in [-0.3, -0.25) is 14.4 Å². The monoisotopic (exact) mass is 401 g/mol. The fourth-order valence-electron chi connectivity index (χ4n) is 3.31. The Labute approximate surface area is 168 Å². The number of halogens is 1. The molecule has 0 bridgehead atoms. The number of aryl methyl sites for hydroxylation is 2. The number of piperazine rings is 1. The van der Waals surface area contributed by atoms with Crippen LogP contribution < -0.4 is 5.32 Å². The number of hydrogen-bond acceptors (Lipinski definition) is 4. The van der Waals surface area contributed by atoms with Crippen LogP contribution in [0.25, 0.3) is 0 Å². The molecule has 1 fully saturated rings. The van der Waals surface area contributed by atoms with Crippen LogP contribution in [0.15, 0.2) is 34.7 Å². The average molecular weight is 401 g/mol. The first-order valence-corrected chi connectivity index (χ1v) is 9.48.